The molecule has 2 heterocycles. The van der Waals surface area contributed by atoms with Crippen molar-refractivity contribution in [2.45, 2.75) is 18.9 Å². The number of nitrogens with one attached hydrogen (secondary N) is 1. The Morgan fingerprint density at radius 3 is 2.81 bits per heavy atom. The molecule has 1 fully saturated rings. The number of aromatic nitrogens is 2. The van der Waals surface area contributed by atoms with Crippen molar-refractivity contribution in [2.24, 2.45) is 0 Å². The summed E-state index contributed by atoms with van der Waals surface area (Å²) in [7, 11) is 1.65. The Labute approximate surface area is 162 Å². The lowest BCUT2D eigenvalue weighted by Crippen LogP contribution is -2.41. The second-order valence-electron chi connectivity index (χ2n) is 6.67. The van der Waals surface area contributed by atoms with Gasteiger partial charge in [0.15, 0.2) is 5.11 Å². The zero-order valence-electron chi connectivity index (χ0n) is 15.1. The molecule has 1 aliphatic heterocycles. The Morgan fingerprint density at radius 1 is 1.22 bits per heavy atom. The van der Waals surface area contributed by atoms with Crippen LogP contribution in [0.4, 0.5) is 10.1 Å². The summed E-state index contributed by atoms with van der Waals surface area (Å²) in [6, 6.07) is 12.9. The number of fused-ring (bicyclic) bond motifs is 1. The van der Waals surface area contributed by atoms with Gasteiger partial charge in [-0.3, -0.25) is 0 Å². The number of hydrogen-bond acceptors (Lipinski definition) is 3. The van der Waals surface area contributed by atoms with Gasteiger partial charge in [0.25, 0.3) is 0 Å². The summed E-state index contributed by atoms with van der Waals surface area (Å²) in [6.07, 6.45) is 3.74. The number of rotatable bonds is 3. The third-order valence-corrected chi connectivity index (χ3v) is 5.36. The number of hydrogen-bond donors (Lipinski definition) is 1. The first-order valence-electron chi connectivity index (χ1n) is 8.96. The highest BCUT2D eigenvalue weighted by Crippen LogP contribution is 2.27. The normalized spacial score (nSPS) is 15.1. The molecule has 0 aliphatic carbocycles. The van der Waals surface area contributed by atoms with Gasteiger partial charge < -0.3 is 19.5 Å². The van der Waals surface area contributed by atoms with Crippen LogP contribution in [-0.2, 0) is 0 Å². The van der Waals surface area contributed by atoms with Crippen LogP contribution in [0.25, 0.3) is 11.0 Å². The maximum absolute atomic E-state index is 13.4. The lowest BCUT2D eigenvalue weighted by Gasteiger charge is -2.34. The Hall–Kier alpha value is -2.67. The minimum atomic E-state index is -0.253. The van der Waals surface area contributed by atoms with E-state index in [1.54, 1.807) is 13.2 Å². The molecule has 0 atom stereocenters. The fraction of sp³-hybridized carbons (Fsp3) is 0.300. The Balaban J connectivity index is 1.40. The van der Waals surface area contributed by atoms with Crippen molar-refractivity contribution in [1.82, 2.24) is 14.5 Å². The number of nitrogens with zero attached hydrogens (tertiary/aromatic N) is 3. The van der Waals surface area contributed by atoms with Crippen LogP contribution >= 0.6 is 12.2 Å². The van der Waals surface area contributed by atoms with Gasteiger partial charge in [-0.25, -0.2) is 9.37 Å². The van der Waals surface area contributed by atoms with E-state index in [9.17, 15) is 4.39 Å². The number of likely N-dealkylation sites (tertiary alicyclic amines) is 1. The molecule has 3 aromatic rings. The van der Waals surface area contributed by atoms with E-state index in [1.165, 1.54) is 12.1 Å². The number of ether oxygens (including phenoxy) is 1. The van der Waals surface area contributed by atoms with E-state index >= 15 is 0 Å². The highest BCUT2D eigenvalue weighted by molar-refractivity contribution is 7.80. The molecule has 0 saturated carbocycles. The van der Waals surface area contributed by atoms with E-state index in [0.717, 1.165) is 48.0 Å². The number of thiocarbonyl (C=S) groups is 1. The molecule has 27 heavy (non-hydrogen) atoms. The van der Waals surface area contributed by atoms with Crippen LogP contribution in [0.1, 0.15) is 18.9 Å². The average Bonchev–Trinajstić information content (AvgIpc) is 3.11. The summed E-state index contributed by atoms with van der Waals surface area (Å²) in [6.45, 7) is 1.72. The minimum absolute atomic E-state index is 0.253. The lowest BCUT2D eigenvalue weighted by atomic mass is 10.0. The zero-order valence-corrected chi connectivity index (χ0v) is 15.9. The van der Waals surface area contributed by atoms with Crippen molar-refractivity contribution in [2.75, 3.05) is 25.5 Å². The maximum Gasteiger partial charge on any atom is 0.173 e. The molecule has 1 saturated heterocycles. The molecule has 1 N–H and O–H groups in total. The summed E-state index contributed by atoms with van der Waals surface area (Å²) in [5.74, 6) is 0.543. The number of halogens is 1. The Morgan fingerprint density at radius 2 is 2.04 bits per heavy atom. The monoisotopic (exact) mass is 384 g/mol. The van der Waals surface area contributed by atoms with E-state index in [-0.39, 0.29) is 5.82 Å². The van der Waals surface area contributed by atoms with Gasteiger partial charge in [-0.2, -0.15) is 0 Å². The summed E-state index contributed by atoms with van der Waals surface area (Å²) >= 11 is 5.58. The second-order valence-corrected chi connectivity index (χ2v) is 7.05. The van der Waals surface area contributed by atoms with Crippen LogP contribution in [0.15, 0.2) is 48.8 Å². The predicted molar refractivity (Wildman–Crippen MR) is 109 cm³/mol. The smallest absolute Gasteiger partial charge is 0.173 e. The number of anilines is 1. The summed E-state index contributed by atoms with van der Waals surface area (Å²) < 4.78 is 20.8. The number of piperidine rings is 1. The fourth-order valence-electron chi connectivity index (χ4n) is 3.55. The fourth-order valence-corrected chi connectivity index (χ4v) is 3.85. The van der Waals surface area contributed by atoms with Crippen molar-refractivity contribution in [3.8, 4) is 5.75 Å². The van der Waals surface area contributed by atoms with Gasteiger partial charge in [0.05, 0.1) is 24.5 Å². The van der Waals surface area contributed by atoms with Crippen LogP contribution < -0.4 is 10.1 Å². The third kappa shape index (κ3) is 3.73. The summed E-state index contributed by atoms with van der Waals surface area (Å²) in [5.41, 5.74) is 2.60. The molecule has 0 unspecified atom stereocenters. The van der Waals surface area contributed by atoms with Gasteiger partial charge in [0.2, 0.25) is 0 Å². The third-order valence-electron chi connectivity index (χ3n) is 5.00. The average molecular weight is 384 g/mol. The van der Waals surface area contributed by atoms with Crippen molar-refractivity contribution >= 4 is 34.1 Å². The maximum atomic E-state index is 13.4. The highest BCUT2D eigenvalue weighted by atomic mass is 32.1. The van der Waals surface area contributed by atoms with Crippen LogP contribution in [0, 0.1) is 5.82 Å². The molecule has 7 heteroatoms. The van der Waals surface area contributed by atoms with Gasteiger partial charge in [-0.1, -0.05) is 6.07 Å². The quantitative estimate of drug-likeness (QED) is 0.685. The molecule has 1 aromatic heterocycles. The second kappa shape index (κ2) is 7.52. The molecule has 5 nitrogen and oxygen atoms in total. The standard InChI is InChI=1S/C20H21FN4OS/c1-26-17-4-2-3-15(12-17)23-20(27)24-9-7-16(8-10-24)25-13-22-18-11-14(21)5-6-19(18)25/h2-6,11-13,16H,7-10H2,1H3,(H,23,27). The number of methoxy groups -OCH3 is 1. The van der Waals surface area contributed by atoms with Crippen LogP contribution in [0.3, 0.4) is 0 Å². The first-order chi connectivity index (χ1) is 13.1. The first-order valence-corrected chi connectivity index (χ1v) is 9.37. The molecular weight excluding hydrogens is 363 g/mol. The van der Waals surface area contributed by atoms with Gasteiger partial charge in [0, 0.05) is 37.0 Å². The largest absolute Gasteiger partial charge is 0.497 e. The van der Waals surface area contributed by atoms with Gasteiger partial charge in [0.1, 0.15) is 11.6 Å². The molecule has 2 aromatic carbocycles. The molecule has 140 valence electrons. The van der Waals surface area contributed by atoms with E-state index in [1.807, 2.05) is 30.6 Å². The van der Waals surface area contributed by atoms with Crippen molar-refractivity contribution < 1.29 is 9.13 Å². The lowest BCUT2D eigenvalue weighted by molar-refractivity contribution is 0.272. The van der Waals surface area contributed by atoms with Crippen molar-refractivity contribution in [3.63, 3.8) is 0 Å². The van der Waals surface area contributed by atoms with Crippen molar-refractivity contribution in [1.29, 1.82) is 0 Å². The molecule has 4 rings (SSSR count). The molecule has 0 radical (unpaired) electrons. The molecule has 0 amide bonds. The zero-order chi connectivity index (χ0) is 18.8. The van der Waals surface area contributed by atoms with Gasteiger partial charge in [-0.15, -0.1) is 0 Å². The van der Waals surface area contributed by atoms with Crippen molar-refractivity contribution in [3.05, 3.63) is 54.6 Å². The van der Waals surface area contributed by atoms with E-state index in [0.29, 0.717) is 11.6 Å². The first kappa shape index (κ1) is 17.7. The molecule has 0 spiro atoms. The number of imidazole rings is 1. The van der Waals surface area contributed by atoms with E-state index in [2.05, 4.69) is 19.8 Å². The SMILES string of the molecule is COc1cccc(NC(=S)N2CCC(n3cnc4cc(F)ccc43)CC2)c1. The van der Waals surface area contributed by atoms with Crippen LogP contribution in [0.5, 0.6) is 5.75 Å². The summed E-state index contributed by atoms with van der Waals surface area (Å²) in [5, 5.41) is 4.01. The predicted octanol–water partition coefficient (Wildman–Crippen LogP) is 4.22. The molecule has 1 aliphatic rings. The molecule has 0 bridgehead atoms. The summed E-state index contributed by atoms with van der Waals surface area (Å²) in [4.78, 5) is 6.52. The Bertz CT molecular complexity index is 966. The minimum Gasteiger partial charge on any atom is -0.497 e. The van der Waals surface area contributed by atoms with Gasteiger partial charge >= 0.3 is 0 Å². The topological polar surface area (TPSA) is 42.3 Å². The van der Waals surface area contributed by atoms with Crippen LogP contribution in [-0.4, -0.2) is 39.8 Å². The number of benzene rings is 2. The van der Waals surface area contributed by atoms with Gasteiger partial charge in [-0.05, 0) is 49.3 Å². The van der Waals surface area contributed by atoms with Crippen LogP contribution in [0.2, 0.25) is 0 Å². The van der Waals surface area contributed by atoms with E-state index < -0.39 is 0 Å². The van der Waals surface area contributed by atoms with E-state index in [4.69, 9.17) is 17.0 Å². The highest BCUT2D eigenvalue weighted by Gasteiger charge is 2.23. The molecular formula is C20H21FN4OS. The Kier molecular flexibility index (Phi) is 4.94.